The number of carbonyl (C=O) groups is 1. The predicted molar refractivity (Wildman–Crippen MR) is 84.6 cm³/mol. The van der Waals surface area contributed by atoms with Gasteiger partial charge in [-0.05, 0) is 36.8 Å². The quantitative estimate of drug-likeness (QED) is 0.701. The molecule has 0 saturated carbocycles. The van der Waals surface area contributed by atoms with Crippen LogP contribution in [-0.2, 0) is 4.79 Å². The van der Waals surface area contributed by atoms with Crippen molar-refractivity contribution in [3.63, 3.8) is 0 Å². The number of hydrogen-bond acceptors (Lipinski definition) is 5. The van der Waals surface area contributed by atoms with Crippen LogP contribution in [0.25, 0.3) is 11.3 Å². The van der Waals surface area contributed by atoms with Crippen LogP contribution in [0.5, 0.6) is 0 Å². The van der Waals surface area contributed by atoms with Crippen molar-refractivity contribution in [2.24, 2.45) is 0 Å². The summed E-state index contributed by atoms with van der Waals surface area (Å²) in [7, 11) is 0. The molecule has 2 heterocycles. The third-order valence-electron chi connectivity index (χ3n) is 2.94. The van der Waals surface area contributed by atoms with Crippen LogP contribution in [0.1, 0.15) is 5.69 Å². The molecule has 0 atom stereocenters. The largest absolute Gasteiger partial charge is 0.338 e. The molecule has 0 aliphatic heterocycles. The normalized spacial score (nSPS) is 10.7. The highest BCUT2D eigenvalue weighted by Crippen LogP contribution is 2.22. The molecule has 0 aliphatic rings. The number of halogens is 1. The topological polar surface area (TPSA) is 83.8 Å². The number of nitrogens with zero attached hydrogens (tertiary/aromatic N) is 2. The molecule has 0 fully saturated rings. The molecule has 118 valence electrons. The number of hydrogen-bond donors (Lipinski definition) is 2. The Morgan fingerprint density at radius 2 is 2.17 bits per heavy atom. The molecule has 1 aromatic carbocycles. The lowest BCUT2D eigenvalue weighted by molar-refractivity contribution is -0.113. The number of carbonyl (C=O) groups excluding carboxylic acids is 1. The maximum atomic E-state index is 12.9. The molecule has 0 spiro atoms. The van der Waals surface area contributed by atoms with Gasteiger partial charge in [0.1, 0.15) is 5.82 Å². The summed E-state index contributed by atoms with van der Waals surface area (Å²) in [5, 5.41) is 6.90. The van der Waals surface area contributed by atoms with E-state index < -0.39 is 0 Å². The lowest BCUT2D eigenvalue weighted by Crippen LogP contribution is -2.13. The molecule has 6 nitrogen and oxygen atoms in total. The van der Waals surface area contributed by atoms with Gasteiger partial charge in [-0.15, -0.1) is 0 Å². The number of aromatic nitrogens is 3. The van der Waals surface area contributed by atoms with Crippen LogP contribution in [0.3, 0.4) is 0 Å². The molecule has 0 unspecified atom stereocenters. The summed E-state index contributed by atoms with van der Waals surface area (Å²) in [6, 6.07) is 7.74. The molecule has 3 rings (SSSR count). The number of thioether (sulfide) groups is 1. The third-order valence-corrected chi connectivity index (χ3v) is 3.83. The molecule has 0 saturated heterocycles. The lowest BCUT2D eigenvalue weighted by atomic mass is 10.2. The first-order valence-corrected chi connectivity index (χ1v) is 7.75. The average Bonchev–Trinajstić information content (AvgIpc) is 3.15. The highest BCUT2D eigenvalue weighted by Gasteiger charge is 2.09. The van der Waals surface area contributed by atoms with Gasteiger partial charge in [0.25, 0.3) is 0 Å². The Hall–Kier alpha value is -2.61. The van der Waals surface area contributed by atoms with Gasteiger partial charge in [-0.25, -0.2) is 9.37 Å². The Morgan fingerprint density at radius 3 is 2.87 bits per heavy atom. The van der Waals surface area contributed by atoms with Gasteiger partial charge in [0.05, 0.1) is 23.3 Å². The molecule has 3 aromatic rings. The van der Waals surface area contributed by atoms with E-state index in [9.17, 15) is 9.18 Å². The average molecular weight is 332 g/mol. The molecule has 2 aromatic heterocycles. The van der Waals surface area contributed by atoms with Crippen molar-refractivity contribution in [1.82, 2.24) is 15.1 Å². The Labute approximate surface area is 135 Å². The second kappa shape index (κ2) is 6.66. The van der Waals surface area contributed by atoms with Crippen molar-refractivity contribution in [2.75, 3.05) is 11.1 Å². The van der Waals surface area contributed by atoms with Gasteiger partial charge < -0.3 is 9.51 Å². The fraction of sp³-hybridized carbons (Fsp3) is 0.133. The summed E-state index contributed by atoms with van der Waals surface area (Å²) in [5.41, 5.74) is 2.29. The first-order valence-electron chi connectivity index (χ1n) is 6.77. The summed E-state index contributed by atoms with van der Waals surface area (Å²) in [5.74, 6) is -0.0107. The SMILES string of the molecule is Cc1cc(NC(=O)CSc2ncc(-c3ccc(F)cc3)[nH]2)on1. The number of anilines is 1. The molecule has 0 bridgehead atoms. The molecule has 0 radical (unpaired) electrons. The maximum absolute atomic E-state index is 12.9. The minimum Gasteiger partial charge on any atom is -0.338 e. The summed E-state index contributed by atoms with van der Waals surface area (Å²) in [6.07, 6.45) is 1.65. The number of rotatable bonds is 5. The molecule has 2 N–H and O–H groups in total. The zero-order valence-corrected chi connectivity index (χ0v) is 13.0. The number of nitrogens with one attached hydrogen (secondary N) is 2. The van der Waals surface area contributed by atoms with Gasteiger partial charge in [0.15, 0.2) is 5.16 Å². The van der Waals surface area contributed by atoms with E-state index in [0.717, 1.165) is 11.3 Å². The van der Waals surface area contributed by atoms with Gasteiger partial charge in [-0.2, -0.15) is 0 Å². The Kier molecular flexibility index (Phi) is 4.42. The Morgan fingerprint density at radius 1 is 1.39 bits per heavy atom. The Balaban J connectivity index is 1.56. The van der Waals surface area contributed by atoms with E-state index in [-0.39, 0.29) is 17.5 Å². The van der Waals surface area contributed by atoms with Gasteiger partial charge >= 0.3 is 0 Å². The second-order valence-corrected chi connectivity index (χ2v) is 5.74. The maximum Gasteiger partial charge on any atom is 0.237 e. The molecular weight excluding hydrogens is 319 g/mol. The van der Waals surface area contributed by atoms with Gasteiger partial charge in [0, 0.05) is 6.07 Å². The van der Waals surface area contributed by atoms with Crippen LogP contribution in [0.15, 0.2) is 46.2 Å². The summed E-state index contributed by atoms with van der Waals surface area (Å²) < 4.78 is 17.8. The second-order valence-electron chi connectivity index (χ2n) is 4.78. The van der Waals surface area contributed by atoms with Crippen molar-refractivity contribution in [3.8, 4) is 11.3 Å². The van der Waals surface area contributed by atoms with E-state index in [0.29, 0.717) is 16.7 Å². The van der Waals surface area contributed by atoms with E-state index >= 15 is 0 Å². The number of amides is 1. The minimum atomic E-state index is -0.290. The molecule has 8 heteroatoms. The van der Waals surface area contributed by atoms with E-state index in [1.165, 1.54) is 23.9 Å². The first kappa shape index (κ1) is 15.3. The summed E-state index contributed by atoms with van der Waals surface area (Å²) in [4.78, 5) is 19.1. The number of aryl methyl sites for hydroxylation is 1. The molecular formula is C15H13FN4O2S. The van der Waals surface area contributed by atoms with Crippen LogP contribution < -0.4 is 5.32 Å². The van der Waals surface area contributed by atoms with Crippen molar-refractivity contribution in [3.05, 3.63) is 48.0 Å². The standard InChI is InChI=1S/C15H13FN4O2S/c1-9-6-14(22-20-9)19-13(21)8-23-15-17-7-12(18-15)10-2-4-11(16)5-3-10/h2-7H,8H2,1H3,(H,17,18)(H,19,21). The molecule has 1 amide bonds. The number of H-pyrrole nitrogens is 1. The monoisotopic (exact) mass is 332 g/mol. The van der Waals surface area contributed by atoms with Crippen LogP contribution in [0, 0.1) is 12.7 Å². The number of aromatic amines is 1. The van der Waals surface area contributed by atoms with Gasteiger partial charge in [-0.1, -0.05) is 16.9 Å². The van der Waals surface area contributed by atoms with Crippen LogP contribution in [0.4, 0.5) is 10.3 Å². The van der Waals surface area contributed by atoms with E-state index in [4.69, 9.17) is 4.52 Å². The summed E-state index contributed by atoms with van der Waals surface area (Å²) in [6.45, 7) is 1.77. The van der Waals surface area contributed by atoms with E-state index in [1.54, 1.807) is 31.3 Å². The van der Waals surface area contributed by atoms with E-state index in [1.807, 2.05) is 0 Å². The fourth-order valence-electron chi connectivity index (χ4n) is 1.88. The van der Waals surface area contributed by atoms with Crippen molar-refractivity contribution in [2.45, 2.75) is 12.1 Å². The van der Waals surface area contributed by atoms with Gasteiger partial charge in [0.2, 0.25) is 11.8 Å². The minimum absolute atomic E-state index is 0.177. The summed E-state index contributed by atoms with van der Waals surface area (Å²) >= 11 is 1.26. The zero-order chi connectivity index (χ0) is 16.2. The van der Waals surface area contributed by atoms with Crippen LogP contribution in [0.2, 0.25) is 0 Å². The first-order chi connectivity index (χ1) is 11.1. The molecule has 0 aliphatic carbocycles. The fourth-order valence-corrected chi connectivity index (χ4v) is 2.53. The van der Waals surface area contributed by atoms with Crippen LogP contribution in [-0.4, -0.2) is 26.8 Å². The smallest absolute Gasteiger partial charge is 0.237 e. The zero-order valence-electron chi connectivity index (χ0n) is 12.2. The van der Waals surface area contributed by atoms with Crippen molar-refractivity contribution >= 4 is 23.6 Å². The Bertz CT molecular complexity index is 813. The third kappa shape index (κ3) is 3.98. The van der Waals surface area contributed by atoms with Crippen LogP contribution >= 0.6 is 11.8 Å². The highest BCUT2D eigenvalue weighted by molar-refractivity contribution is 7.99. The van der Waals surface area contributed by atoms with Crippen molar-refractivity contribution < 1.29 is 13.7 Å². The van der Waals surface area contributed by atoms with Crippen molar-refractivity contribution in [1.29, 1.82) is 0 Å². The number of benzene rings is 1. The lowest BCUT2D eigenvalue weighted by Gasteiger charge is -1.99. The molecule has 23 heavy (non-hydrogen) atoms. The van der Waals surface area contributed by atoms with Gasteiger partial charge in [-0.3, -0.25) is 10.1 Å². The van der Waals surface area contributed by atoms with E-state index in [2.05, 4.69) is 20.4 Å². The number of imidazole rings is 1. The highest BCUT2D eigenvalue weighted by atomic mass is 32.2. The predicted octanol–water partition coefficient (Wildman–Crippen LogP) is 3.24.